The fourth-order valence-corrected chi connectivity index (χ4v) is 2.45. The Morgan fingerprint density at radius 2 is 2.10 bits per heavy atom. The monoisotopic (exact) mass is 284 g/mol. The number of fused-ring (bicyclic) bond motifs is 1. The van der Waals surface area contributed by atoms with Crippen LogP contribution in [-0.2, 0) is 16.1 Å². The molecular weight excluding hydrogens is 268 g/mol. The molecule has 0 bridgehead atoms. The van der Waals surface area contributed by atoms with Crippen molar-refractivity contribution in [3.05, 3.63) is 48.3 Å². The highest BCUT2D eigenvalue weighted by Crippen LogP contribution is 2.22. The lowest BCUT2D eigenvalue weighted by atomic mass is 10.1. The van der Waals surface area contributed by atoms with Crippen LogP contribution in [0.5, 0.6) is 0 Å². The van der Waals surface area contributed by atoms with Crippen molar-refractivity contribution >= 4 is 17.5 Å². The third-order valence-electron chi connectivity index (χ3n) is 3.58. The molecular formula is C15H16N4O2. The summed E-state index contributed by atoms with van der Waals surface area (Å²) < 4.78 is 1.59. The van der Waals surface area contributed by atoms with Crippen molar-refractivity contribution in [2.75, 3.05) is 11.9 Å². The Morgan fingerprint density at radius 3 is 2.86 bits per heavy atom. The third-order valence-corrected chi connectivity index (χ3v) is 3.58. The van der Waals surface area contributed by atoms with Crippen molar-refractivity contribution in [1.82, 2.24) is 14.7 Å². The number of aromatic nitrogens is 2. The summed E-state index contributed by atoms with van der Waals surface area (Å²) in [5.41, 5.74) is 1.70. The number of hydrogen-bond acceptors (Lipinski definition) is 3. The van der Waals surface area contributed by atoms with E-state index in [1.54, 1.807) is 35.0 Å². The van der Waals surface area contributed by atoms with Gasteiger partial charge in [-0.1, -0.05) is 18.2 Å². The Kier molecular flexibility index (Phi) is 3.43. The maximum atomic E-state index is 12.6. The maximum Gasteiger partial charge on any atom is 0.247 e. The van der Waals surface area contributed by atoms with Gasteiger partial charge in [0.1, 0.15) is 12.6 Å². The van der Waals surface area contributed by atoms with Gasteiger partial charge in [0, 0.05) is 24.6 Å². The number of para-hydroxylation sites is 1. The fourth-order valence-electron chi connectivity index (χ4n) is 2.45. The first-order chi connectivity index (χ1) is 10.1. The van der Waals surface area contributed by atoms with Crippen molar-refractivity contribution in [2.45, 2.75) is 19.5 Å². The van der Waals surface area contributed by atoms with E-state index in [4.69, 9.17) is 0 Å². The molecule has 21 heavy (non-hydrogen) atoms. The summed E-state index contributed by atoms with van der Waals surface area (Å²) in [7, 11) is 0. The Labute approximate surface area is 122 Å². The van der Waals surface area contributed by atoms with E-state index in [1.807, 2.05) is 24.3 Å². The van der Waals surface area contributed by atoms with Crippen LogP contribution < -0.4 is 5.32 Å². The summed E-state index contributed by atoms with van der Waals surface area (Å²) in [6.45, 7) is 2.25. The molecule has 0 aliphatic carbocycles. The zero-order valence-electron chi connectivity index (χ0n) is 11.7. The van der Waals surface area contributed by atoms with Crippen LogP contribution in [0.3, 0.4) is 0 Å². The van der Waals surface area contributed by atoms with Crippen molar-refractivity contribution in [3.63, 3.8) is 0 Å². The first-order valence-corrected chi connectivity index (χ1v) is 6.81. The molecule has 1 aromatic carbocycles. The molecule has 1 unspecified atom stereocenters. The summed E-state index contributed by atoms with van der Waals surface area (Å²) in [5, 5.41) is 6.91. The van der Waals surface area contributed by atoms with Gasteiger partial charge < -0.3 is 10.2 Å². The highest BCUT2D eigenvalue weighted by Gasteiger charge is 2.27. The van der Waals surface area contributed by atoms with Crippen LogP contribution in [0.2, 0.25) is 0 Å². The van der Waals surface area contributed by atoms with Crippen molar-refractivity contribution in [2.24, 2.45) is 0 Å². The third kappa shape index (κ3) is 2.65. The predicted molar refractivity (Wildman–Crippen MR) is 77.4 cm³/mol. The van der Waals surface area contributed by atoms with Gasteiger partial charge in [0.05, 0.1) is 0 Å². The number of carbonyl (C=O) groups is 2. The topological polar surface area (TPSA) is 67.2 Å². The SMILES string of the molecule is CC(C(=O)N1CC(=O)Nc2ccccc2C1)n1cccn1. The van der Waals surface area contributed by atoms with Gasteiger partial charge in [0.2, 0.25) is 11.8 Å². The van der Waals surface area contributed by atoms with Gasteiger partial charge in [-0.3, -0.25) is 14.3 Å². The van der Waals surface area contributed by atoms with E-state index in [0.29, 0.717) is 6.54 Å². The summed E-state index contributed by atoms with van der Waals surface area (Å²) >= 11 is 0. The maximum absolute atomic E-state index is 12.6. The number of benzene rings is 1. The van der Waals surface area contributed by atoms with Crippen molar-refractivity contribution < 1.29 is 9.59 Å². The molecule has 2 heterocycles. The first kappa shape index (κ1) is 13.4. The van der Waals surface area contributed by atoms with Gasteiger partial charge in [0.15, 0.2) is 0 Å². The molecule has 0 fully saturated rings. The summed E-state index contributed by atoms with van der Waals surface area (Å²) in [6.07, 6.45) is 3.38. The lowest BCUT2D eigenvalue weighted by molar-refractivity contribution is -0.138. The number of carbonyl (C=O) groups excluding carboxylic acids is 2. The van der Waals surface area contributed by atoms with Crippen LogP contribution >= 0.6 is 0 Å². The zero-order valence-corrected chi connectivity index (χ0v) is 11.7. The minimum atomic E-state index is -0.432. The second-order valence-corrected chi connectivity index (χ2v) is 5.06. The molecule has 0 saturated heterocycles. The predicted octanol–water partition coefficient (Wildman–Crippen LogP) is 1.42. The smallest absolute Gasteiger partial charge is 0.247 e. The molecule has 6 nitrogen and oxygen atoms in total. The van der Waals surface area contributed by atoms with Crippen LogP contribution in [0.25, 0.3) is 0 Å². The van der Waals surface area contributed by atoms with Gasteiger partial charge >= 0.3 is 0 Å². The molecule has 1 N–H and O–H groups in total. The molecule has 0 radical (unpaired) electrons. The fraction of sp³-hybridized carbons (Fsp3) is 0.267. The number of amides is 2. The van der Waals surface area contributed by atoms with E-state index in [0.717, 1.165) is 11.3 Å². The van der Waals surface area contributed by atoms with Crippen molar-refractivity contribution in [1.29, 1.82) is 0 Å². The standard InChI is InChI=1S/C15H16N4O2/c1-11(19-8-4-7-16-19)15(21)18-9-12-5-2-3-6-13(12)17-14(20)10-18/h2-8,11H,9-10H2,1H3,(H,17,20). The quantitative estimate of drug-likeness (QED) is 0.907. The molecule has 1 atom stereocenters. The van der Waals surface area contributed by atoms with Crippen LogP contribution in [0.15, 0.2) is 42.7 Å². The molecule has 108 valence electrons. The number of nitrogens with zero attached hydrogens (tertiary/aromatic N) is 3. The Balaban J connectivity index is 1.85. The molecule has 0 spiro atoms. The first-order valence-electron chi connectivity index (χ1n) is 6.81. The number of nitrogens with one attached hydrogen (secondary N) is 1. The lowest BCUT2D eigenvalue weighted by Gasteiger charge is -2.23. The van der Waals surface area contributed by atoms with E-state index in [9.17, 15) is 9.59 Å². The molecule has 6 heteroatoms. The van der Waals surface area contributed by atoms with E-state index >= 15 is 0 Å². The summed E-state index contributed by atoms with van der Waals surface area (Å²) in [5.74, 6) is -0.300. The van der Waals surface area contributed by atoms with E-state index in [2.05, 4.69) is 10.4 Å². The zero-order chi connectivity index (χ0) is 14.8. The lowest BCUT2D eigenvalue weighted by Crippen LogP contribution is -2.39. The van der Waals surface area contributed by atoms with Gasteiger partial charge in [-0.2, -0.15) is 5.10 Å². The number of rotatable bonds is 2. The second-order valence-electron chi connectivity index (χ2n) is 5.06. The molecule has 2 aromatic rings. The molecule has 1 aliphatic heterocycles. The van der Waals surface area contributed by atoms with Gasteiger partial charge in [0.25, 0.3) is 0 Å². The average Bonchev–Trinajstić information content (AvgIpc) is 2.95. The molecule has 0 saturated carbocycles. The minimum absolute atomic E-state index is 0.0547. The number of anilines is 1. The van der Waals surface area contributed by atoms with Gasteiger partial charge in [-0.25, -0.2) is 0 Å². The van der Waals surface area contributed by atoms with Crippen molar-refractivity contribution in [3.8, 4) is 0 Å². The summed E-state index contributed by atoms with van der Waals surface area (Å²) in [4.78, 5) is 26.1. The average molecular weight is 284 g/mol. The Hall–Kier alpha value is -2.63. The Bertz CT molecular complexity index is 666. The minimum Gasteiger partial charge on any atom is -0.327 e. The largest absolute Gasteiger partial charge is 0.327 e. The highest BCUT2D eigenvalue weighted by atomic mass is 16.2. The van der Waals surface area contributed by atoms with E-state index in [1.165, 1.54) is 0 Å². The molecule has 1 aliphatic rings. The van der Waals surface area contributed by atoms with E-state index < -0.39 is 6.04 Å². The van der Waals surface area contributed by atoms with Gasteiger partial charge in [-0.15, -0.1) is 0 Å². The van der Waals surface area contributed by atoms with Crippen LogP contribution in [-0.4, -0.2) is 33.0 Å². The molecule has 1 aromatic heterocycles. The normalized spacial score (nSPS) is 15.9. The van der Waals surface area contributed by atoms with Crippen LogP contribution in [0.4, 0.5) is 5.69 Å². The highest BCUT2D eigenvalue weighted by molar-refractivity contribution is 5.96. The summed E-state index contributed by atoms with van der Waals surface area (Å²) in [6, 6.07) is 8.86. The second kappa shape index (κ2) is 5.40. The Morgan fingerprint density at radius 1 is 1.29 bits per heavy atom. The molecule has 2 amide bonds. The van der Waals surface area contributed by atoms with E-state index in [-0.39, 0.29) is 18.4 Å². The molecule has 3 rings (SSSR count). The van der Waals surface area contributed by atoms with Crippen LogP contribution in [0, 0.1) is 0 Å². The number of hydrogen-bond donors (Lipinski definition) is 1. The van der Waals surface area contributed by atoms with Crippen LogP contribution in [0.1, 0.15) is 18.5 Å². The van der Waals surface area contributed by atoms with Gasteiger partial charge in [-0.05, 0) is 24.6 Å².